The largest absolute Gasteiger partial charge is 0.394 e. The zero-order valence-electron chi connectivity index (χ0n) is 8.32. The van der Waals surface area contributed by atoms with Crippen LogP contribution in [-0.4, -0.2) is 29.0 Å². The first-order valence-electron chi connectivity index (χ1n) is 4.76. The van der Waals surface area contributed by atoms with Crippen molar-refractivity contribution in [3.05, 3.63) is 35.9 Å². The van der Waals surface area contributed by atoms with Crippen LogP contribution in [0.1, 0.15) is 5.56 Å². The van der Waals surface area contributed by atoms with Crippen molar-refractivity contribution in [2.24, 2.45) is 0 Å². The Bertz CT molecular complexity index is 303. The summed E-state index contributed by atoms with van der Waals surface area (Å²) in [7, 11) is 0. The van der Waals surface area contributed by atoms with Gasteiger partial charge in [0.05, 0.1) is 18.0 Å². The first kappa shape index (κ1) is 12.2. The van der Waals surface area contributed by atoms with Crippen LogP contribution in [0.15, 0.2) is 30.3 Å². The number of alkyl halides is 1. The molecular formula is C11H14BrNO2. The summed E-state index contributed by atoms with van der Waals surface area (Å²) < 4.78 is 0. The zero-order chi connectivity index (χ0) is 11.1. The predicted octanol–water partition coefficient (Wildman–Crippen LogP) is 1.10. The van der Waals surface area contributed by atoms with Crippen LogP contribution in [0.3, 0.4) is 0 Å². The quantitative estimate of drug-likeness (QED) is 0.789. The minimum absolute atomic E-state index is 0.0480. The van der Waals surface area contributed by atoms with Crippen molar-refractivity contribution < 1.29 is 9.90 Å². The van der Waals surface area contributed by atoms with Crippen molar-refractivity contribution in [2.45, 2.75) is 12.5 Å². The van der Waals surface area contributed by atoms with Gasteiger partial charge in [-0.15, -0.1) is 0 Å². The first-order chi connectivity index (χ1) is 7.26. The van der Waals surface area contributed by atoms with Gasteiger partial charge in [-0.05, 0) is 12.0 Å². The van der Waals surface area contributed by atoms with Gasteiger partial charge in [-0.25, -0.2) is 0 Å². The van der Waals surface area contributed by atoms with Crippen LogP contribution < -0.4 is 5.32 Å². The maximum Gasteiger partial charge on any atom is 0.230 e. The molecule has 2 N–H and O–H groups in total. The third kappa shape index (κ3) is 4.44. The average molecular weight is 272 g/mol. The molecule has 0 radical (unpaired) electrons. The number of aliphatic hydroxyl groups is 1. The number of nitrogens with one attached hydrogen (secondary N) is 1. The molecule has 1 atom stereocenters. The number of hydrogen-bond acceptors (Lipinski definition) is 2. The molecule has 1 rings (SSSR count). The summed E-state index contributed by atoms with van der Waals surface area (Å²) in [5.74, 6) is -0.106. The Balaban J connectivity index is 2.50. The van der Waals surface area contributed by atoms with Crippen molar-refractivity contribution in [2.75, 3.05) is 11.9 Å². The standard InChI is InChI=1S/C11H14BrNO2/c12-7-11(15)13-10(8-14)6-9-4-2-1-3-5-9/h1-5,10,14H,6-8H2,(H,13,15)/t10-/m1/s1. The number of amides is 1. The van der Waals surface area contributed by atoms with Gasteiger partial charge in [-0.3, -0.25) is 4.79 Å². The number of hydrogen-bond donors (Lipinski definition) is 2. The topological polar surface area (TPSA) is 49.3 Å². The second-order valence-corrected chi connectivity index (χ2v) is 3.83. The molecule has 3 nitrogen and oxygen atoms in total. The number of rotatable bonds is 5. The molecule has 0 bridgehead atoms. The van der Waals surface area contributed by atoms with Crippen LogP contribution in [0.25, 0.3) is 0 Å². The maximum atomic E-state index is 11.1. The van der Waals surface area contributed by atoms with Gasteiger partial charge in [0.1, 0.15) is 0 Å². The van der Waals surface area contributed by atoms with E-state index in [9.17, 15) is 4.79 Å². The smallest absolute Gasteiger partial charge is 0.230 e. The number of benzene rings is 1. The summed E-state index contributed by atoms with van der Waals surface area (Å²) in [6.07, 6.45) is 0.649. The van der Waals surface area contributed by atoms with Gasteiger partial charge in [-0.2, -0.15) is 0 Å². The van der Waals surface area contributed by atoms with E-state index in [-0.39, 0.29) is 23.9 Å². The van der Waals surface area contributed by atoms with E-state index in [1.165, 1.54) is 0 Å². The summed E-state index contributed by atoms with van der Waals surface area (Å²) in [5.41, 5.74) is 1.10. The van der Waals surface area contributed by atoms with Crippen molar-refractivity contribution >= 4 is 21.8 Å². The van der Waals surface area contributed by atoms with E-state index in [2.05, 4.69) is 21.2 Å². The van der Waals surface area contributed by atoms with Gasteiger partial charge in [0.2, 0.25) is 5.91 Å². The molecule has 0 aliphatic carbocycles. The highest BCUT2D eigenvalue weighted by Gasteiger charge is 2.10. The van der Waals surface area contributed by atoms with Crippen LogP contribution >= 0.6 is 15.9 Å². The monoisotopic (exact) mass is 271 g/mol. The molecule has 0 unspecified atom stereocenters. The van der Waals surface area contributed by atoms with Gasteiger partial charge in [0, 0.05) is 0 Å². The Morgan fingerprint density at radius 3 is 2.60 bits per heavy atom. The highest BCUT2D eigenvalue weighted by Crippen LogP contribution is 2.02. The van der Waals surface area contributed by atoms with Crippen LogP contribution in [-0.2, 0) is 11.2 Å². The van der Waals surface area contributed by atoms with Crippen LogP contribution in [0.2, 0.25) is 0 Å². The van der Waals surface area contributed by atoms with Crippen molar-refractivity contribution in [3.63, 3.8) is 0 Å². The average Bonchev–Trinajstić information content (AvgIpc) is 2.29. The number of carbonyl (C=O) groups is 1. The van der Waals surface area contributed by atoms with Crippen molar-refractivity contribution in [3.8, 4) is 0 Å². The van der Waals surface area contributed by atoms with E-state index in [0.717, 1.165) is 5.56 Å². The van der Waals surface area contributed by atoms with Crippen LogP contribution in [0.5, 0.6) is 0 Å². The van der Waals surface area contributed by atoms with Gasteiger partial charge in [0.15, 0.2) is 0 Å². The number of carbonyl (C=O) groups excluding carboxylic acids is 1. The lowest BCUT2D eigenvalue weighted by atomic mass is 10.1. The summed E-state index contributed by atoms with van der Waals surface area (Å²) in [6, 6.07) is 9.56. The second-order valence-electron chi connectivity index (χ2n) is 3.27. The lowest BCUT2D eigenvalue weighted by Crippen LogP contribution is -2.39. The third-order valence-corrected chi connectivity index (χ3v) is 2.54. The van der Waals surface area contributed by atoms with E-state index in [4.69, 9.17) is 5.11 Å². The molecule has 0 fully saturated rings. The number of aliphatic hydroxyl groups excluding tert-OH is 1. The minimum Gasteiger partial charge on any atom is -0.394 e. The van der Waals surface area contributed by atoms with E-state index in [1.54, 1.807) is 0 Å². The minimum atomic E-state index is -0.211. The SMILES string of the molecule is O=C(CBr)N[C@@H](CO)Cc1ccccc1. The highest BCUT2D eigenvalue weighted by atomic mass is 79.9. The molecule has 4 heteroatoms. The molecule has 15 heavy (non-hydrogen) atoms. The Hall–Kier alpha value is -0.870. The summed E-state index contributed by atoms with van der Waals surface area (Å²) in [5, 5.41) is 12.1. The van der Waals surface area contributed by atoms with Gasteiger partial charge in [0.25, 0.3) is 0 Å². The van der Waals surface area contributed by atoms with Crippen LogP contribution in [0.4, 0.5) is 0 Å². The second kappa shape index (κ2) is 6.58. The first-order valence-corrected chi connectivity index (χ1v) is 5.88. The Labute approximate surface area is 97.6 Å². The lowest BCUT2D eigenvalue weighted by molar-refractivity contribution is -0.119. The van der Waals surface area contributed by atoms with E-state index in [0.29, 0.717) is 6.42 Å². The fraction of sp³-hybridized carbons (Fsp3) is 0.364. The third-order valence-electron chi connectivity index (χ3n) is 2.03. The van der Waals surface area contributed by atoms with Crippen molar-refractivity contribution in [1.82, 2.24) is 5.32 Å². The van der Waals surface area contributed by atoms with Crippen LogP contribution in [0, 0.1) is 0 Å². The molecule has 1 aromatic carbocycles. The molecule has 0 aliphatic heterocycles. The molecule has 0 aliphatic rings. The molecule has 0 spiro atoms. The summed E-state index contributed by atoms with van der Waals surface area (Å²) in [6.45, 7) is -0.0480. The summed E-state index contributed by atoms with van der Waals surface area (Å²) in [4.78, 5) is 11.1. The fourth-order valence-electron chi connectivity index (χ4n) is 1.33. The van der Waals surface area contributed by atoms with E-state index >= 15 is 0 Å². The Morgan fingerprint density at radius 2 is 2.07 bits per heavy atom. The Kier molecular flexibility index (Phi) is 5.36. The predicted molar refractivity (Wildman–Crippen MR) is 63.0 cm³/mol. The maximum absolute atomic E-state index is 11.1. The molecule has 1 amide bonds. The van der Waals surface area contributed by atoms with E-state index < -0.39 is 0 Å². The number of halogens is 1. The van der Waals surface area contributed by atoms with Gasteiger partial charge < -0.3 is 10.4 Å². The molecule has 1 aromatic rings. The highest BCUT2D eigenvalue weighted by molar-refractivity contribution is 9.09. The normalized spacial score (nSPS) is 12.1. The summed E-state index contributed by atoms with van der Waals surface area (Å²) >= 11 is 3.06. The molecule has 0 saturated carbocycles. The molecule has 82 valence electrons. The molecule has 0 aromatic heterocycles. The van der Waals surface area contributed by atoms with E-state index in [1.807, 2.05) is 30.3 Å². The lowest BCUT2D eigenvalue weighted by Gasteiger charge is -2.15. The molecule has 0 heterocycles. The molecule has 0 saturated heterocycles. The Morgan fingerprint density at radius 1 is 1.40 bits per heavy atom. The fourth-order valence-corrected chi connectivity index (χ4v) is 1.49. The zero-order valence-corrected chi connectivity index (χ0v) is 9.90. The molecular weight excluding hydrogens is 258 g/mol. The van der Waals surface area contributed by atoms with Gasteiger partial charge in [-0.1, -0.05) is 46.3 Å². The van der Waals surface area contributed by atoms with Crippen molar-refractivity contribution in [1.29, 1.82) is 0 Å². The van der Waals surface area contributed by atoms with Gasteiger partial charge >= 0.3 is 0 Å².